The van der Waals surface area contributed by atoms with Gasteiger partial charge in [-0.05, 0) is 55.3 Å². The Bertz CT molecular complexity index is 1260. The molecule has 31 heavy (non-hydrogen) atoms. The van der Waals surface area contributed by atoms with E-state index in [1.165, 1.54) is 43.6 Å². The van der Waals surface area contributed by atoms with Gasteiger partial charge in [0.15, 0.2) is 0 Å². The van der Waals surface area contributed by atoms with Gasteiger partial charge in [-0.3, -0.25) is 4.72 Å². The highest BCUT2D eigenvalue weighted by atomic mass is 35.5. The number of methoxy groups -OCH3 is 1. The van der Waals surface area contributed by atoms with E-state index in [9.17, 15) is 13.2 Å². The van der Waals surface area contributed by atoms with E-state index in [0.29, 0.717) is 16.1 Å². The van der Waals surface area contributed by atoms with Gasteiger partial charge < -0.3 is 9.47 Å². The van der Waals surface area contributed by atoms with Crippen molar-refractivity contribution < 1.29 is 22.7 Å². The molecule has 0 aliphatic carbocycles. The molecule has 0 radical (unpaired) electrons. The number of nitrogens with one attached hydrogen (secondary N) is 1. The van der Waals surface area contributed by atoms with E-state index in [-0.39, 0.29) is 32.8 Å². The normalized spacial score (nSPS) is 11.1. The van der Waals surface area contributed by atoms with Crippen molar-refractivity contribution in [2.75, 3.05) is 11.8 Å². The Morgan fingerprint density at radius 1 is 1.06 bits per heavy atom. The molecule has 0 saturated heterocycles. The first-order valence-corrected chi connectivity index (χ1v) is 11.2. The Balaban J connectivity index is 2.03. The zero-order valence-corrected chi connectivity index (χ0v) is 19.1. The first kappa shape index (κ1) is 22.9. The highest BCUT2D eigenvalue weighted by Crippen LogP contribution is 2.35. The van der Waals surface area contributed by atoms with Crippen molar-refractivity contribution in [3.63, 3.8) is 0 Å². The molecule has 0 spiro atoms. The van der Waals surface area contributed by atoms with Gasteiger partial charge in [0.05, 0.1) is 17.0 Å². The SMILES string of the molecule is COC(=O)c1cccc(C)c1Oc1ncc(Cl)cc1NS(=O)(=O)c1ccc(Cl)c(C)c1. The number of aryl methyl sites for hydroxylation is 2. The molecule has 0 aliphatic rings. The zero-order chi connectivity index (χ0) is 22.8. The maximum absolute atomic E-state index is 12.9. The standard InChI is InChI=1S/C21H18Cl2N2O5S/c1-12-5-4-6-16(21(26)29-3)19(12)30-20-18(10-14(22)11-24-20)25-31(27,28)15-7-8-17(23)13(2)9-15/h4-11,25H,1-3H3. The molecular formula is C21H18Cl2N2O5S. The molecule has 3 rings (SSSR count). The van der Waals surface area contributed by atoms with Crippen LogP contribution < -0.4 is 9.46 Å². The van der Waals surface area contributed by atoms with Crippen LogP contribution in [0.2, 0.25) is 10.0 Å². The van der Waals surface area contributed by atoms with E-state index in [4.69, 9.17) is 32.7 Å². The quantitative estimate of drug-likeness (QED) is 0.475. The lowest BCUT2D eigenvalue weighted by Gasteiger charge is -2.16. The van der Waals surface area contributed by atoms with Crippen molar-refractivity contribution in [1.82, 2.24) is 4.98 Å². The number of rotatable bonds is 6. The second-order valence-electron chi connectivity index (χ2n) is 6.57. The summed E-state index contributed by atoms with van der Waals surface area (Å²) in [6.07, 6.45) is 1.30. The van der Waals surface area contributed by atoms with Crippen molar-refractivity contribution in [2.45, 2.75) is 18.7 Å². The fourth-order valence-electron chi connectivity index (χ4n) is 2.72. The van der Waals surface area contributed by atoms with Crippen LogP contribution in [-0.4, -0.2) is 26.5 Å². The van der Waals surface area contributed by atoms with Crippen LogP contribution >= 0.6 is 23.2 Å². The molecule has 3 aromatic rings. The fraction of sp³-hybridized carbons (Fsp3) is 0.143. The molecule has 0 bridgehead atoms. The summed E-state index contributed by atoms with van der Waals surface area (Å²) in [4.78, 5) is 16.2. The minimum absolute atomic E-state index is 0.000767. The minimum Gasteiger partial charge on any atom is -0.465 e. The van der Waals surface area contributed by atoms with Crippen LogP contribution in [0.1, 0.15) is 21.5 Å². The van der Waals surface area contributed by atoms with Gasteiger partial charge in [0.25, 0.3) is 10.0 Å². The van der Waals surface area contributed by atoms with Gasteiger partial charge in [-0.25, -0.2) is 18.2 Å². The first-order chi connectivity index (χ1) is 14.6. The molecule has 0 unspecified atom stereocenters. The topological polar surface area (TPSA) is 94.6 Å². The monoisotopic (exact) mass is 480 g/mol. The molecule has 1 heterocycles. The molecule has 0 fully saturated rings. The number of carbonyl (C=O) groups excluding carboxylic acids is 1. The Morgan fingerprint density at radius 2 is 1.81 bits per heavy atom. The highest BCUT2D eigenvalue weighted by Gasteiger charge is 2.22. The number of hydrogen-bond acceptors (Lipinski definition) is 6. The van der Waals surface area contributed by atoms with E-state index in [0.717, 1.165) is 0 Å². The van der Waals surface area contributed by atoms with Gasteiger partial charge >= 0.3 is 5.97 Å². The third-order valence-corrected chi connectivity index (χ3v) is 6.31. The van der Waals surface area contributed by atoms with Crippen molar-refractivity contribution in [3.8, 4) is 11.6 Å². The molecule has 0 saturated carbocycles. The third kappa shape index (κ3) is 5.10. The largest absolute Gasteiger partial charge is 0.465 e. The molecule has 0 atom stereocenters. The van der Waals surface area contributed by atoms with E-state index in [1.54, 1.807) is 26.0 Å². The van der Waals surface area contributed by atoms with Crippen molar-refractivity contribution in [2.24, 2.45) is 0 Å². The average molecular weight is 481 g/mol. The van der Waals surface area contributed by atoms with Crippen LogP contribution in [0.25, 0.3) is 0 Å². The van der Waals surface area contributed by atoms with Gasteiger partial charge in [-0.15, -0.1) is 0 Å². The summed E-state index contributed by atoms with van der Waals surface area (Å²) >= 11 is 12.0. The molecule has 1 N–H and O–H groups in total. The van der Waals surface area contributed by atoms with Crippen molar-refractivity contribution in [1.29, 1.82) is 0 Å². The van der Waals surface area contributed by atoms with Crippen LogP contribution in [0.4, 0.5) is 5.69 Å². The van der Waals surface area contributed by atoms with Crippen LogP contribution in [0.15, 0.2) is 53.6 Å². The second kappa shape index (κ2) is 9.13. The Morgan fingerprint density at radius 3 is 2.48 bits per heavy atom. The first-order valence-electron chi connectivity index (χ1n) is 8.92. The van der Waals surface area contributed by atoms with E-state index < -0.39 is 16.0 Å². The minimum atomic E-state index is -4.00. The Kier molecular flexibility index (Phi) is 6.74. The third-order valence-electron chi connectivity index (χ3n) is 4.32. The van der Waals surface area contributed by atoms with Crippen LogP contribution in [0.5, 0.6) is 11.6 Å². The molecular weight excluding hydrogens is 463 g/mol. The van der Waals surface area contributed by atoms with Crippen molar-refractivity contribution >= 4 is 44.9 Å². The van der Waals surface area contributed by atoms with Gasteiger partial charge in [0.1, 0.15) is 17.0 Å². The summed E-state index contributed by atoms with van der Waals surface area (Å²) in [5, 5.41) is 0.637. The fourth-order valence-corrected chi connectivity index (χ4v) is 4.13. The summed E-state index contributed by atoms with van der Waals surface area (Å²) < 4.78 is 38.9. The number of carbonyl (C=O) groups is 1. The van der Waals surface area contributed by atoms with E-state index in [2.05, 4.69) is 9.71 Å². The number of pyridine rings is 1. The highest BCUT2D eigenvalue weighted by molar-refractivity contribution is 7.92. The average Bonchev–Trinajstić information content (AvgIpc) is 2.72. The summed E-state index contributed by atoms with van der Waals surface area (Å²) in [5.41, 5.74) is 1.40. The second-order valence-corrected chi connectivity index (χ2v) is 9.09. The number of halogens is 2. The van der Waals surface area contributed by atoms with E-state index in [1.807, 2.05) is 0 Å². The van der Waals surface area contributed by atoms with Gasteiger partial charge in [-0.1, -0.05) is 35.3 Å². The number of ether oxygens (including phenoxy) is 2. The maximum atomic E-state index is 12.9. The number of benzene rings is 2. The predicted octanol–water partition coefficient (Wildman–Crippen LogP) is 5.38. The molecule has 7 nitrogen and oxygen atoms in total. The lowest BCUT2D eigenvalue weighted by Crippen LogP contribution is -2.14. The van der Waals surface area contributed by atoms with Gasteiger partial charge in [0.2, 0.25) is 5.88 Å². The number of anilines is 1. The number of nitrogens with zero attached hydrogens (tertiary/aromatic N) is 1. The molecule has 1 aromatic heterocycles. The summed E-state index contributed by atoms with van der Waals surface area (Å²) in [6, 6.07) is 10.6. The van der Waals surface area contributed by atoms with Crippen LogP contribution in [0, 0.1) is 13.8 Å². The van der Waals surface area contributed by atoms with Crippen LogP contribution in [-0.2, 0) is 14.8 Å². The Hall–Kier alpha value is -2.81. The van der Waals surface area contributed by atoms with Crippen LogP contribution in [0.3, 0.4) is 0 Å². The van der Waals surface area contributed by atoms with Gasteiger partial charge in [-0.2, -0.15) is 0 Å². The molecule has 162 valence electrons. The number of hydrogen-bond donors (Lipinski definition) is 1. The lowest BCUT2D eigenvalue weighted by molar-refractivity contribution is 0.0597. The van der Waals surface area contributed by atoms with Crippen molar-refractivity contribution in [3.05, 3.63) is 75.4 Å². The number of para-hydroxylation sites is 1. The number of esters is 1. The number of sulfonamides is 1. The lowest BCUT2D eigenvalue weighted by atomic mass is 10.1. The summed E-state index contributed by atoms with van der Waals surface area (Å²) in [7, 11) is -2.75. The zero-order valence-electron chi connectivity index (χ0n) is 16.8. The van der Waals surface area contributed by atoms with E-state index >= 15 is 0 Å². The number of aromatic nitrogens is 1. The van der Waals surface area contributed by atoms with Gasteiger partial charge in [0, 0.05) is 11.2 Å². The molecule has 0 amide bonds. The predicted molar refractivity (Wildman–Crippen MR) is 119 cm³/mol. The Labute approximate surface area is 190 Å². The maximum Gasteiger partial charge on any atom is 0.341 e. The molecule has 0 aliphatic heterocycles. The summed E-state index contributed by atoms with van der Waals surface area (Å²) in [6.45, 7) is 3.43. The molecule has 2 aromatic carbocycles. The summed E-state index contributed by atoms with van der Waals surface area (Å²) in [5.74, 6) is -0.503. The smallest absolute Gasteiger partial charge is 0.341 e. The molecule has 10 heteroatoms.